The molecule has 0 spiro atoms. The van der Waals surface area contributed by atoms with Gasteiger partial charge in [-0.3, -0.25) is 0 Å². The summed E-state index contributed by atoms with van der Waals surface area (Å²) in [4.78, 5) is 4.80. The molecule has 2 heterocycles. The van der Waals surface area contributed by atoms with Crippen LogP contribution in [0, 0.1) is 0 Å². The predicted octanol–water partition coefficient (Wildman–Crippen LogP) is 4.08. The van der Waals surface area contributed by atoms with Gasteiger partial charge in [0.2, 0.25) is 21.7 Å². The van der Waals surface area contributed by atoms with E-state index in [0.717, 1.165) is 10.0 Å². The summed E-state index contributed by atoms with van der Waals surface area (Å²) >= 11 is 3.44. The largest absolute Gasteiger partial charge is 0.497 e. The molecule has 0 N–H and O–H groups in total. The summed E-state index contributed by atoms with van der Waals surface area (Å²) in [5, 5.41) is 4.08. The first kappa shape index (κ1) is 20.1. The molecule has 7 nitrogen and oxygen atoms in total. The molecular weight excluding hydrogens is 458 g/mol. The Bertz CT molecular complexity index is 1090. The summed E-state index contributed by atoms with van der Waals surface area (Å²) in [5.74, 6) is 1.77. The van der Waals surface area contributed by atoms with Crippen LogP contribution in [0.2, 0.25) is 0 Å². The third kappa shape index (κ3) is 4.22. The fraction of sp³-hybridized carbons (Fsp3) is 0.300. The molecular formula is C20H20BrN3O4S. The average Bonchev–Trinajstić information content (AvgIpc) is 3.24. The minimum Gasteiger partial charge on any atom is -0.497 e. The van der Waals surface area contributed by atoms with E-state index in [4.69, 9.17) is 9.26 Å². The van der Waals surface area contributed by atoms with E-state index < -0.39 is 10.0 Å². The lowest BCUT2D eigenvalue weighted by Gasteiger charge is -2.29. The quantitative estimate of drug-likeness (QED) is 0.550. The Kier molecular flexibility index (Phi) is 5.71. The van der Waals surface area contributed by atoms with Gasteiger partial charge in [-0.1, -0.05) is 33.2 Å². The highest BCUT2D eigenvalue weighted by Crippen LogP contribution is 2.31. The predicted molar refractivity (Wildman–Crippen MR) is 111 cm³/mol. The van der Waals surface area contributed by atoms with Crippen LogP contribution in [0.1, 0.15) is 24.7 Å². The number of benzene rings is 2. The second kappa shape index (κ2) is 8.25. The van der Waals surface area contributed by atoms with Crippen molar-refractivity contribution in [3.8, 4) is 17.1 Å². The van der Waals surface area contributed by atoms with Gasteiger partial charge < -0.3 is 9.26 Å². The molecule has 0 saturated carbocycles. The molecule has 0 atom stereocenters. The minimum atomic E-state index is -3.53. The molecule has 9 heteroatoms. The van der Waals surface area contributed by atoms with E-state index >= 15 is 0 Å². The number of hydrogen-bond acceptors (Lipinski definition) is 6. The van der Waals surface area contributed by atoms with Crippen LogP contribution in [0.4, 0.5) is 0 Å². The zero-order valence-electron chi connectivity index (χ0n) is 15.8. The first-order valence-corrected chi connectivity index (χ1v) is 11.4. The van der Waals surface area contributed by atoms with Gasteiger partial charge in [-0.15, -0.1) is 0 Å². The maximum atomic E-state index is 12.9. The van der Waals surface area contributed by atoms with Crippen molar-refractivity contribution in [2.24, 2.45) is 0 Å². The van der Waals surface area contributed by atoms with Crippen LogP contribution in [0.25, 0.3) is 11.4 Å². The van der Waals surface area contributed by atoms with Crippen molar-refractivity contribution in [1.82, 2.24) is 14.4 Å². The molecule has 0 unspecified atom stereocenters. The SMILES string of the molecule is COc1ccc(S(=O)(=O)N2CCC(c3nc(-c4cccc(Br)c4)no3)CC2)cc1. The maximum Gasteiger partial charge on any atom is 0.243 e. The summed E-state index contributed by atoms with van der Waals surface area (Å²) in [7, 11) is -1.98. The lowest BCUT2D eigenvalue weighted by molar-refractivity contribution is 0.271. The molecule has 0 radical (unpaired) electrons. The Morgan fingerprint density at radius 2 is 1.86 bits per heavy atom. The highest BCUT2D eigenvalue weighted by Gasteiger charge is 2.32. The van der Waals surface area contributed by atoms with Gasteiger partial charge in [0.15, 0.2) is 0 Å². The molecule has 1 aromatic heterocycles. The molecule has 1 aliphatic heterocycles. The fourth-order valence-corrected chi connectivity index (χ4v) is 5.25. The van der Waals surface area contributed by atoms with Crippen LogP contribution in [-0.2, 0) is 10.0 Å². The maximum absolute atomic E-state index is 12.9. The Balaban J connectivity index is 1.44. The molecule has 0 aliphatic carbocycles. The first-order valence-electron chi connectivity index (χ1n) is 9.21. The number of nitrogens with zero attached hydrogens (tertiary/aromatic N) is 3. The Morgan fingerprint density at radius 1 is 1.14 bits per heavy atom. The van der Waals surface area contributed by atoms with Crippen molar-refractivity contribution in [2.45, 2.75) is 23.7 Å². The van der Waals surface area contributed by atoms with Crippen LogP contribution in [0.5, 0.6) is 5.75 Å². The van der Waals surface area contributed by atoms with Gasteiger partial charge in [0.05, 0.1) is 12.0 Å². The van der Waals surface area contributed by atoms with Crippen LogP contribution in [0.15, 0.2) is 62.4 Å². The normalized spacial score (nSPS) is 16.1. The van der Waals surface area contributed by atoms with Crippen molar-refractivity contribution in [3.63, 3.8) is 0 Å². The number of ether oxygens (including phenoxy) is 1. The Morgan fingerprint density at radius 3 is 2.52 bits per heavy atom. The van der Waals surface area contributed by atoms with E-state index in [2.05, 4.69) is 26.1 Å². The molecule has 1 aliphatic rings. The van der Waals surface area contributed by atoms with E-state index in [1.807, 2.05) is 24.3 Å². The van der Waals surface area contributed by atoms with Gasteiger partial charge in [-0.25, -0.2) is 8.42 Å². The Labute approximate surface area is 177 Å². The third-order valence-corrected chi connectivity index (χ3v) is 7.43. The zero-order chi connectivity index (χ0) is 20.4. The smallest absolute Gasteiger partial charge is 0.243 e. The fourth-order valence-electron chi connectivity index (χ4n) is 3.39. The standard InChI is InChI=1S/C20H20BrN3O4S/c1-27-17-5-7-18(8-6-17)29(25,26)24-11-9-14(10-12-24)20-22-19(23-28-20)15-3-2-4-16(21)13-15/h2-8,13-14H,9-12H2,1H3. The molecule has 0 bridgehead atoms. The summed E-state index contributed by atoms with van der Waals surface area (Å²) in [6.45, 7) is 0.821. The van der Waals surface area contributed by atoms with Gasteiger partial charge in [0.1, 0.15) is 5.75 Å². The summed E-state index contributed by atoms with van der Waals surface area (Å²) in [6, 6.07) is 14.2. The zero-order valence-corrected chi connectivity index (χ0v) is 18.2. The van der Waals surface area contributed by atoms with Crippen molar-refractivity contribution in [2.75, 3.05) is 20.2 Å². The number of methoxy groups -OCH3 is 1. The van der Waals surface area contributed by atoms with Crippen LogP contribution in [-0.4, -0.2) is 43.1 Å². The molecule has 0 amide bonds. The second-order valence-corrected chi connectivity index (χ2v) is 9.67. The summed E-state index contributed by atoms with van der Waals surface area (Å²) in [6.07, 6.45) is 1.27. The summed E-state index contributed by atoms with van der Waals surface area (Å²) < 4.78 is 38.8. The molecule has 1 fully saturated rings. The number of hydrogen-bond donors (Lipinski definition) is 0. The number of rotatable bonds is 5. The molecule has 29 heavy (non-hydrogen) atoms. The average molecular weight is 478 g/mol. The van der Waals surface area contributed by atoms with Gasteiger partial charge in [-0.2, -0.15) is 9.29 Å². The van der Waals surface area contributed by atoms with Crippen molar-refractivity contribution in [3.05, 3.63) is 58.9 Å². The highest BCUT2D eigenvalue weighted by atomic mass is 79.9. The third-order valence-electron chi connectivity index (χ3n) is 5.02. The molecule has 2 aromatic carbocycles. The van der Waals surface area contributed by atoms with E-state index in [-0.39, 0.29) is 10.8 Å². The van der Waals surface area contributed by atoms with Crippen LogP contribution in [0.3, 0.4) is 0 Å². The number of sulfonamides is 1. The van der Waals surface area contributed by atoms with Gasteiger partial charge >= 0.3 is 0 Å². The van der Waals surface area contributed by atoms with Gasteiger partial charge in [-0.05, 0) is 49.2 Å². The summed E-state index contributed by atoms with van der Waals surface area (Å²) in [5.41, 5.74) is 0.869. The lowest BCUT2D eigenvalue weighted by Crippen LogP contribution is -2.37. The Hall–Kier alpha value is -2.23. The van der Waals surface area contributed by atoms with Crippen molar-refractivity contribution < 1.29 is 17.7 Å². The van der Waals surface area contributed by atoms with E-state index in [9.17, 15) is 8.42 Å². The van der Waals surface area contributed by atoms with E-state index in [0.29, 0.717) is 43.4 Å². The van der Waals surface area contributed by atoms with Crippen LogP contribution >= 0.6 is 15.9 Å². The first-order chi connectivity index (χ1) is 14.0. The van der Waals surface area contributed by atoms with Crippen molar-refractivity contribution in [1.29, 1.82) is 0 Å². The minimum absolute atomic E-state index is 0.0470. The van der Waals surface area contributed by atoms with Gasteiger partial charge in [0, 0.05) is 29.0 Å². The lowest BCUT2D eigenvalue weighted by atomic mass is 9.98. The molecule has 3 aromatic rings. The van der Waals surface area contributed by atoms with E-state index in [1.165, 1.54) is 4.31 Å². The highest BCUT2D eigenvalue weighted by molar-refractivity contribution is 9.10. The van der Waals surface area contributed by atoms with Crippen LogP contribution < -0.4 is 4.74 Å². The monoisotopic (exact) mass is 477 g/mol. The molecule has 4 rings (SSSR count). The number of halogens is 1. The van der Waals surface area contributed by atoms with E-state index in [1.54, 1.807) is 31.4 Å². The van der Waals surface area contributed by atoms with Gasteiger partial charge in [0.25, 0.3) is 0 Å². The number of piperidine rings is 1. The molecule has 1 saturated heterocycles. The van der Waals surface area contributed by atoms with Crippen molar-refractivity contribution >= 4 is 26.0 Å². The topological polar surface area (TPSA) is 85.5 Å². The molecule has 152 valence electrons. The number of aromatic nitrogens is 2. The second-order valence-electron chi connectivity index (χ2n) is 6.82.